The molecule has 2 aromatic heterocycles. The third kappa shape index (κ3) is 9.10. The summed E-state index contributed by atoms with van der Waals surface area (Å²) in [6, 6.07) is 4.59. The van der Waals surface area contributed by atoms with E-state index < -0.39 is 31.3 Å². The molecule has 0 fully saturated rings. The largest absolute Gasteiger partial charge is 0.424 e. The Morgan fingerprint density at radius 3 is 1.90 bits per heavy atom. The summed E-state index contributed by atoms with van der Waals surface area (Å²) in [7, 11) is 0. The van der Waals surface area contributed by atoms with Gasteiger partial charge in [-0.3, -0.25) is 0 Å². The summed E-state index contributed by atoms with van der Waals surface area (Å²) in [5.74, 6) is -0.540. The third-order valence-corrected chi connectivity index (χ3v) is 4.13. The lowest BCUT2D eigenvalue weighted by Crippen LogP contribution is -2.19. The molecule has 17 heteroatoms. The molecule has 0 aliphatic carbocycles. The van der Waals surface area contributed by atoms with E-state index in [1.54, 1.807) is 0 Å². The Bertz CT molecular complexity index is 1020. The van der Waals surface area contributed by atoms with Crippen molar-refractivity contribution >= 4 is 47.8 Å². The van der Waals surface area contributed by atoms with E-state index in [9.17, 15) is 30.7 Å². The standard InChI is InChI=1S/C10H6BrF4N3O.C4H2Br2F3N3/c11-8-16-9(18(17-8)5-10(13,14)15)19-7-3-1-2-6(12)4-7;5-2-10-3(6)12(11-2)1-4(7,8)9/h1-4H,5H2;1H2. The average molecular weight is 649 g/mol. The van der Waals surface area contributed by atoms with Gasteiger partial charge in [-0.2, -0.15) is 36.3 Å². The molecule has 0 saturated carbocycles. The summed E-state index contributed by atoms with van der Waals surface area (Å²) in [5.41, 5.74) is 0. The van der Waals surface area contributed by atoms with Crippen molar-refractivity contribution in [2.75, 3.05) is 0 Å². The van der Waals surface area contributed by atoms with Crippen molar-refractivity contribution in [1.29, 1.82) is 0 Å². The van der Waals surface area contributed by atoms with Gasteiger partial charge in [0.1, 0.15) is 24.7 Å². The molecule has 0 atom stereocenters. The van der Waals surface area contributed by atoms with Gasteiger partial charge < -0.3 is 4.74 Å². The van der Waals surface area contributed by atoms with Crippen LogP contribution in [0.3, 0.4) is 0 Å². The first-order chi connectivity index (χ1) is 14.2. The molecule has 3 rings (SSSR count). The molecule has 0 N–H and O–H groups in total. The molecule has 0 saturated heterocycles. The highest BCUT2D eigenvalue weighted by atomic mass is 79.9. The zero-order chi connectivity index (χ0) is 23.4. The monoisotopic (exact) mass is 646 g/mol. The van der Waals surface area contributed by atoms with Crippen LogP contribution in [-0.2, 0) is 13.1 Å². The fourth-order valence-electron chi connectivity index (χ4n) is 1.85. The van der Waals surface area contributed by atoms with E-state index in [0.717, 1.165) is 6.07 Å². The van der Waals surface area contributed by atoms with Gasteiger partial charge in [-0.05, 0) is 59.9 Å². The lowest BCUT2D eigenvalue weighted by molar-refractivity contribution is -0.144. The molecule has 7 nitrogen and oxygen atoms in total. The Balaban J connectivity index is 0.000000245. The summed E-state index contributed by atoms with van der Waals surface area (Å²) in [6.07, 6.45) is -8.75. The summed E-state index contributed by atoms with van der Waals surface area (Å²) in [6.45, 7) is -2.50. The molecule has 0 spiro atoms. The highest BCUT2D eigenvalue weighted by Crippen LogP contribution is 2.25. The lowest BCUT2D eigenvalue weighted by Gasteiger charge is -2.09. The number of hydrogen-bond donors (Lipinski definition) is 0. The van der Waals surface area contributed by atoms with Crippen LogP contribution in [0.15, 0.2) is 38.5 Å². The fraction of sp³-hybridized carbons (Fsp3) is 0.286. The van der Waals surface area contributed by atoms with Gasteiger partial charge in [-0.25, -0.2) is 13.8 Å². The zero-order valence-corrected chi connectivity index (χ0v) is 19.4. The molecule has 3 aromatic rings. The zero-order valence-electron chi connectivity index (χ0n) is 14.6. The summed E-state index contributed by atoms with van der Waals surface area (Å²) < 4.78 is 91.7. The minimum atomic E-state index is -4.47. The SMILES string of the molecule is FC(F)(F)Cn1nc(Br)nc1Br.Fc1cccc(Oc2nc(Br)nn2CC(F)(F)F)c1. The van der Waals surface area contributed by atoms with Crippen LogP contribution < -0.4 is 4.74 Å². The second-order valence-corrected chi connectivity index (χ2v) is 7.55. The van der Waals surface area contributed by atoms with Crippen molar-refractivity contribution < 1.29 is 35.5 Å². The molecular formula is C14H8Br3F7N6O. The maximum absolute atomic E-state index is 12.9. The van der Waals surface area contributed by atoms with E-state index in [-0.39, 0.29) is 26.0 Å². The van der Waals surface area contributed by atoms with Crippen LogP contribution in [0.2, 0.25) is 0 Å². The Labute approximate surface area is 194 Å². The smallest absolute Gasteiger partial charge is 0.408 e. The quantitative estimate of drug-likeness (QED) is 0.330. The van der Waals surface area contributed by atoms with Gasteiger partial charge >= 0.3 is 18.4 Å². The van der Waals surface area contributed by atoms with E-state index in [0.29, 0.717) is 9.36 Å². The first kappa shape index (κ1) is 25.5. The lowest BCUT2D eigenvalue weighted by atomic mass is 10.3. The van der Waals surface area contributed by atoms with Gasteiger partial charge in [-0.1, -0.05) is 6.07 Å². The van der Waals surface area contributed by atoms with E-state index in [4.69, 9.17) is 4.74 Å². The minimum absolute atomic E-state index is 0.0309. The molecule has 0 amide bonds. The van der Waals surface area contributed by atoms with Crippen molar-refractivity contribution in [2.45, 2.75) is 25.4 Å². The van der Waals surface area contributed by atoms with Crippen molar-refractivity contribution in [2.24, 2.45) is 0 Å². The fourth-order valence-corrected chi connectivity index (χ4v) is 3.17. The number of nitrogens with zero attached hydrogens (tertiary/aromatic N) is 6. The molecule has 170 valence electrons. The van der Waals surface area contributed by atoms with Crippen LogP contribution in [0.1, 0.15) is 0 Å². The van der Waals surface area contributed by atoms with Gasteiger partial charge in [0.25, 0.3) is 0 Å². The topological polar surface area (TPSA) is 70.7 Å². The normalized spacial score (nSPS) is 11.8. The Morgan fingerprint density at radius 2 is 1.39 bits per heavy atom. The van der Waals surface area contributed by atoms with Crippen LogP contribution in [0, 0.1) is 5.82 Å². The number of rotatable bonds is 4. The second kappa shape index (κ2) is 10.2. The Hall–Kier alpha value is -1.75. The highest BCUT2D eigenvalue weighted by Gasteiger charge is 2.31. The molecule has 31 heavy (non-hydrogen) atoms. The van der Waals surface area contributed by atoms with Gasteiger partial charge in [-0.15, -0.1) is 10.2 Å². The van der Waals surface area contributed by atoms with Gasteiger partial charge in [0.15, 0.2) is 4.73 Å². The number of hydrogen-bond acceptors (Lipinski definition) is 5. The molecule has 0 aliphatic rings. The van der Waals surface area contributed by atoms with Gasteiger partial charge in [0.05, 0.1) is 0 Å². The van der Waals surface area contributed by atoms with Crippen molar-refractivity contribution in [1.82, 2.24) is 29.5 Å². The second-order valence-electron chi connectivity index (χ2n) is 5.42. The predicted octanol–water partition coefficient (Wildman–Crippen LogP) is 5.90. The van der Waals surface area contributed by atoms with E-state index >= 15 is 0 Å². The average Bonchev–Trinajstić information content (AvgIpc) is 3.06. The van der Waals surface area contributed by atoms with Crippen LogP contribution in [0.25, 0.3) is 0 Å². The maximum atomic E-state index is 12.9. The summed E-state index contributed by atoms with van der Waals surface area (Å²) in [5, 5.41) is 6.95. The molecular weight excluding hydrogens is 641 g/mol. The van der Waals surface area contributed by atoms with Gasteiger partial charge in [0.2, 0.25) is 9.47 Å². The van der Waals surface area contributed by atoms with Crippen LogP contribution in [-0.4, -0.2) is 41.9 Å². The highest BCUT2D eigenvalue weighted by molar-refractivity contribution is 9.11. The summed E-state index contributed by atoms with van der Waals surface area (Å²) >= 11 is 8.53. The molecule has 0 bridgehead atoms. The number of aromatic nitrogens is 6. The molecule has 0 aliphatic heterocycles. The molecule has 1 aromatic carbocycles. The Morgan fingerprint density at radius 1 is 0.839 bits per heavy atom. The first-order valence-electron chi connectivity index (χ1n) is 7.65. The number of alkyl halides is 6. The number of halogens is 10. The van der Waals surface area contributed by atoms with Crippen molar-refractivity contribution in [3.63, 3.8) is 0 Å². The predicted molar refractivity (Wildman–Crippen MR) is 102 cm³/mol. The van der Waals surface area contributed by atoms with E-state index in [1.807, 2.05) is 0 Å². The summed E-state index contributed by atoms with van der Waals surface area (Å²) in [4.78, 5) is 7.22. The van der Waals surface area contributed by atoms with Crippen molar-refractivity contribution in [3.8, 4) is 11.8 Å². The van der Waals surface area contributed by atoms with Crippen LogP contribution >= 0.6 is 47.8 Å². The van der Waals surface area contributed by atoms with Gasteiger partial charge in [0, 0.05) is 6.07 Å². The molecule has 0 unspecified atom stereocenters. The Kier molecular flexibility index (Phi) is 8.43. The number of ether oxygens (including phenoxy) is 1. The number of benzene rings is 1. The van der Waals surface area contributed by atoms with E-state index in [1.165, 1.54) is 18.2 Å². The maximum Gasteiger partial charge on any atom is 0.408 e. The first-order valence-corrected chi connectivity index (χ1v) is 10.0. The third-order valence-electron chi connectivity index (χ3n) is 2.88. The van der Waals surface area contributed by atoms with Crippen LogP contribution in [0.5, 0.6) is 11.8 Å². The van der Waals surface area contributed by atoms with E-state index in [2.05, 4.69) is 68.0 Å². The van der Waals surface area contributed by atoms with Crippen LogP contribution in [0.4, 0.5) is 30.7 Å². The minimum Gasteiger partial charge on any atom is -0.424 e. The van der Waals surface area contributed by atoms with Crippen molar-refractivity contribution in [3.05, 3.63) is 44.3 Å². The molecule has 2 heterocycles. The molecule has 0 radical (unpaired) electrons.